The first kappa shape index (κ1) is 13.8. The van der Waals surface area contributed by atoms with E-state index in [1.165, 1.54) is 29.8 Å². The van der Waals surface area contributed by atoms with Crippen molar-refractivity contribution in [2.75, 3.05) is 7.05 Å². The number of aromatic amines is 1. The molecule has 1 aliphatic carbocycles. The number of hydrogen-bond donors (Lipinski definition) is 2. The Bertz CT molecular complexity index is 761. The molecule has 1 aromatic heterocycles. The molecule has 0 unspecified atom stereocenters. The highest BCUT2D eigenvalue weighted by Crippen LogP contribution is 2.40. The Morgan fingerprint density at radius 3 is 2.71 bits per heavy atom. The van der Waals surface area contributed by atoms with E-state index in [0.29, 0.717) is 11.4 Å². The average Bonchev–Trinajstić information content (AvgIpc) is 3.13. The molecule has 0 radical (unpaired) electrons. The zero-order chi connectivity index (χ0) is 14.8. The summed E-state index contributed by atoms with van der Waals surface area (Å²) in [6, 6.07) is 13.9. The molecule has 108 valence electrons. The molecule has 2 aromatic carbocycles. The first-order valence-corrected chi connectivity index (χ1v) is 7.25. The number of aryl methyl sites for hydroxylation is 1. The van der Waals surface area contributed by atoms with Gasteiger partial charge >= 0.3 is 0 Å². The van der Waals surface area contributed by atoms with Crippen molar-refractivity contribution < 1.29 is 4.39 Å². The van der Waals surface area contributed by atoms with Crippen LogP contribution in [0.1, 0.15) is 29.0 Å². The Labute approximate surface area is 123 Å². The van der Waals surface area contributed by atoms with Gasteiger partial charge in [-0.15, -0.1) is 0 Å². The molecule has 0 saturated heterocycles. The first-order chi connectivity index (χ1) is 10.3. The summed E-state index contributed by atoms with van der Waals surface area (Å²) in [5, 5.41) is 1.02. The monoisotopic (exact) mass is 282 g/mol. The molecule has 1 aliphatic rings. The van der Waals surface area contributed by atoms with Crippen molar-refractivity contribution in [1.82, 2.24) is 4.98 Å². The number of aromatic nitrogens is 1. The zero-order valence-corrected chi connectivity index (χ0v) is 12.1. The van der Waals surface area contributed by atoms with Crippen LogP contribution in [-0.4, -0.2) is 12.0 Å². The maximum absolute atomic E-state index is 13.8. The SMILES string of the molecule is CN.Fc1cccc2c([C@H]3CCc4ccccc43)c[nH]c12. The van der Waals surface area contributed by atoms with Crippen LogP contribution in [0.5, 0.6) is 0 Å². The fourth-order valence-corrected chi connectivity index (χ4v) is 3.31. The van der Waals surface area contributed by atoms with E-state index in [0.717, 1.165) is 18.2 Å². The number of rotatable bonds is 1. The van der Waals surface area contributed by atoms with Crippen LogP contribution in [0.15, 0.2) is 48.7 Å². The van der Waals surface area contributed by atoms with E-state index in [1.54, 1.807) is 6.07 Å². The maximum Gasteiger partial charge on any atom is 0.147 e. The van der Waals surface area contributed by atoms with Gasteiger partial charge in [-0.2, -0.15) is 0 Å². The Hall–Kier alpha value is -2.13. The molecule has 0 spiro atoms. The second-order valence-corrected chi connectivity index (χ2v) is 5.20. The average molecular weight is 282 g/mol. The molecule has 3 N–H and O–H groups in total. The largest absolute Gasteiger partial charge is 0.358 e. The summed E-state index contributed by atoms with van der Waals surface area (Å²) < 4.78 is 13.8. The minimum atomic E-state index is -0.171. The van der Waals surface area contributed by atoms with Gasteiger partial charge in [-0.3, -0.25) is 0 Å². The summed E-state index contributed by atoms with van der Waals surface area (Å²) in [5.41, 5.74) is 9.17. The van der Waals surface area contributed by atoms with E-state index in [4.69, 9.17) is 0 Å². The Kier molecular flexibility index (Phi) is 3.76. The maximum atomic E-state index is 13.8. The van der Waals surface area contributed by atoms with Crippen molar-refractivity contribution in [1.29, 1.82) is 0 Å². The van der Waals surface area contributed by atoms with Crippen molar-refractivity contribution in [3.05, 3.63) is 71.2 Å². The molecule has 0 bridgehead atoms. The fourth-order valence-electron chi connectivity index (χ4n) is 3.31. The van der Waals surface area contributed by atoms with Gasteiger partial charge in [0.1, 0.15) is 5.82 Å². The van der Waals surface area contributed by atoms with Gasteiger partial charge in [0, 0.05) is 17.5 Å². The van der Waals surface area contributed by atoms with Crippen LogP contribution in [0.25, 0.3) is 10.9 Å². The molecule has 0 aliphatic heterocycles. The normalized spacial score (nSPS) is 16.4. The minimum Gasteiger partial charge on any atom is -0.358 e. The first-order valence-electron chi connectivity index (χ1n) is 7.25. The lowest BCUT2D eigenvalue weighted by molar-refractivity contribution is 0.637. The predicted octanol–water partition coefficient (Wildman–Crippen LogP) is 3.96. The van der Waals surface area contributed by atoms with Gasteiger partial charge in [-0.05, 0) is 42.6 Å². The van der Waals surface area contributed by atoms with E-state index in [-0.39, 0.29) is 5.82 Å². The van der Waals surface area contributed by atoms with E-state index in [9.17, 15) is 4.39 Å². The van der Waals surface area contributed by atoms with Crippen LogP contribution in [-0.2, 0) is 6.42 Å². The van der Waals surface area contributed by atoms with E-state index in [1.807, 2.05) is 12.3 Å². The number of halogens is 1. The molecule has 4 rings (SSSR count). The van der Waals surface area contributed by atoms with Crippen molar-refractivity contribution in [2.24, 2.45) is 5.73 Å². The topological polar surface area (TPSA) is 41.8 Å². The summed E-state index contributed by atoms with van der Waals surface area (Å²) in [5.74, 6) is 0.224. The highest BCUT2D eigenvalue weighted by atomic mass is 19.1. The Balaban J connectivity index is 0.000000636. The number of para-hydroxylation sites is 1. The standard InChI is InChI=1S/C17H14FN.CH5N/c18-16-7-3-6-14-15(10-19-17(14)16)13-9-8-11-4-1-2-5-12(11)13;1-2/h1-7,10,13,19H,8-9H2;2H2,1H3/t13-;/m0./s1. The van der Waals surface area contributed by atoms with Gasteiger partial charge in [0.2, 0.25) is 0 Å². The molecular weight excluding hydrogens is 263 g/mol. The van der Waals surface area contributed by atoms with E-state index in [2.05, 4.69) is 35.0 Å². The van der Waals surface area contributed by atoms with Crippen molar-refractivity contribution in [3.63, 3.8) is 0 Å². The second kappa shape index (κ2) is 5.70. The molecule has 3 heteroatoms. The van der Waals surface area contributed by atoms with Gasteiger partial charge in [-0.25, -0.2) is 4.39 Å². The summed E-state index contributed by atoms with van der Waals surface area (Å²) in [6.07, 6.45) is 4.20. The molecule has 3 aromatic rings. The van der Waals surface area contributed by atoms with Gasteiger partial charge in [0.25, 0.3) is 0 Å². The third-order valence-corrected chi connectivity index (χ3v) is 4.20. The molecule has 0 fully saturated rings. The van der Waals surface area contributed by atoms with Crippen LogP contribution in [0, 0.1) is 5.82 Å². The Morgan fingerprint density at radius 1 is 1.05 bits per heavy atom. The van der Waals surface area contributed by atoms with E-state index >= 15 is 0 Å². The molecule has 1 atom stereocenters. The number of hydrogen-bond acceptors (Lipinski definition) is 1. The smallest absolute Gasteiger partial charge is 0.147 e. The summed E-state index contributed by atoms with van der Waals surface area (Å²) in [7, 11) is 1.50. The number of H-pyrrole nitrogens is 1. The molecule has 0 saturated carbocycles. The fraction of sp³-hybridized carbons (Fsp3) is 0.222. The number of fused-ring (bicyclic) bond motifs is 2. The molecular formula is C18H19FN2. The van der Waals surface area contributed by atoms with Crippen LogP contribution in [0.4, 0.5) is 4.39 Å². The summed E-state index contributed by atoms with van der Waals surface area (Å²) in [6.45, 7) is 0. The highest BCUT2D eigenvalue weighted by molar-refractivity contribution is 5.85. The van der Waals surface area contributed by atoms with Gasteiger partial charge < -0.3 is 10.7 Å². The van der Waals surface area contributed by atoms with E-state index < -0.39 is 0 Å². The van der Waals surface area contributed by atoms with Crippen LogP contribution < -0.4 is 5.73 Å². The van der Waals surface area contributed by atoms with Crippen molar-refractivity contribution >= 4 is 10.9 Å². The predicted molar refractivity (Wildman–Crippen MR) is 85.0 cm³/mol. The molecule has 2 nitrogen and oxygen atoms in total. The minimum absolute atomic E-state index is 0.171. The zero-order valence-electron chi connectivity index (χ0n) is 12.1. The number of nitrogens with two attached hydrogens (primary N) is 1. The van der Waals surface area contributed by atoms with Crippen molar-refractivity contribution in [2.45, 2.75) is 18.8 Å². The van der Waals surface area contributed by atoms with Crippen LogP contribution in [0.2, 0.25) is 0 Å². The van der Waals surface area contributed by atoms with Gasteiger partial charge in [-0.1, -0.05) is 36.4 Å². The molecule has 1 heterocycles. The summed E-state index contributed by atoms with van der Waals surface area (Å²) in [4.78, 5) is 3.09. The van der Waals surface area contributed by atoms with Crippen LogP contribution >= 0.6 is 0 Å². The molecule has 21 heavy (non-hydrogen) atoms. The molecule has 0 amide bonds. The second-order valence-electron chi connectivity index (χ2n) is 5.20. The lowest BCUT2D eigenvalue weighted by Crippen LogP contribution is -1.94. The summed E-state index contributed by atoms with van der Waals surface area (Å²) >= 11 is 0. The number of benzene rings is 2. The number of nitrogens with one attached hydrogen (secondary N) is 1. The Morgan fingerprint density at radius 2 is 1.86 bits per heavy atom. The quantitative estimate of drug-likeness (QED) is 0.697. The lowest BCUT2D eigenvalue weighted by atomic mass is 9.93. The third kappa shape index (κ3) is 2.24. The van der Waals surface area contributed by atoms with Gasteiger partial charge in [0.15, 0.2) is 0 Å². The van der Waals surface area contributed by atoms with Crippen LogP contribution in [0.3, 0.4) is 0 Å². The third-order valence-electron chi connectivity index (χ3n) is 4.20. The van der Waals surface area contributed by atoms with Crippen molar-refractivity contribution in [3.8, 4) is 0 Å². The highest BCUT2D eigenvalue weighted by Gasteiger charge is 2.25. The van der Waals surface area contributed by atoms with Gasteiger partial charge in [0.05, 0.1) is 5.52 Å². The lowest BCUT2D eigenvalue weighted by Gasteiger charge is -2.10.